The minimum atomic E-state index is -0.872. The Morgan fingerprint density at radius 1 is 1.10 bits per heavy atom. The maximum atomic E-state index is 12.7. The second-order valence-corrected chi connectivity index (χ2v) is 7.74. The average Bonchev–Trinajstić information content (AvgIpc) is 2.71. The molecule has 0 saturated heterocycles. The Balaban J connectivity index is 2.85. The Hall–Kier alpha value is -2.76. The van der Waals surface area contributed by atoms with Crippen molar-refractivity contribution in [3.63, 3.8) is 0 Å². The first kappa shape index (κ1) is 26.3. The van der Waals surface area contributed by atoms with Gasteiger partial charge in [0.2, 0.25) is 5.91 Å². The predicted octanol–water partition coefficient (Wildman–Crippen LogP) is 3.67. The van der Waals surface area contributed by atoms with E-state index in [1.165, 1.54) is 11.9 Å². The van der Waals surface area contributed by atoms with Crippen molar-refractivity contribution in [2.75, 3.05) is 30.7 Å². The van der Waals surface area contributed by atoms with Crippen LogP contribution in [0.3, 0.4) is 0 Å². The van der Waals surface area contributed by atoms with Crippen molar-refractivity contribution < 1.29 is 24.6 Å². The van der Waals surface area contributed by atoms with Gasteiger partial charge in [-0.25, -0.2) is 0 Å². The zero-order valence-electron chi connectivity index (χ0n) is 18.0. The summed E-state index contributed by atoms with van der Waals surface area (Å²) in [6.45, 7) is 4.10. The van der Waals surface area contributed by atoms with Gasteiger partial charge in [-0.2, -0.15) is 0 Å². The first-order valence-electron chi connectivity index (χ1n) is 9.97. The molecule has 0 aliphatic carbocycles. The number of nitrogens with one attached hydrogen (secondary N) is 1. The van der Waals surface area contributed by atoms with Gasteiger partial charge in [0.15, 0.2) is 0 Å². The van der Waals surface area contributed by atoms with Crippen LogP contribution in [0.4, 0.5) is 5.69 Å². The lowest BCUT2D eigenvalue weighted by atomic mass is 9.93. The molecule has 12 heteroatoms. The van der Waals surface area contributed by atoms with E-state index in [0.717, 1.165) is 11.3 Å². The monoisotopic (exact) mass is 458 g/mol. The van der Waals surface area contributed by atoms with E-state index >= 15 is 0 Å². The van der Waals surface area contributed by atoms with Crippen molar-refractivity contribution in [2.24, 2.45) is 0 Å². The Morgan fingerprint density at radius 2 is 1.68 bits per heavy atom. The highest BCUT2D eigenvalue weighted by Crippen LogP contribution is 2.26. The molecule has 0 radical (unpaired) electrons. The molecule has 0 spiro atoms. The van der Waals surface area contributed by atoms with Crippen LogP contribution >= 0.6 is 11.9 Å². The van der Waals surface area contributed by atoms with Crippen LogP contribution in [-0.2, 0) is 14.5 Å². The summed E-state index contributed by atoms with van der Waals surface area (Å²) in [6, 6.07) is 7.78. The van der Waals surface area contributed by atoms with Crippen molar-refractivity contribution in [2.45, 2.75) is 51.5 Å². The Kier molecular flexibility index (Phi) is 12.1. The molecule has 0 aromatic heterocycles. The number of carbonyl (C=O) groups excluding carboxylic acids is 1. The number of carbonyl (C=O) groups is 1. The minimum Gasteiger partial charge on any atom is -0.340 e. The number of nitrogens with zero attached hydrogens (tertiary/aromatic N) is 3. The molecule has 11 nitrogen and oxygen atoms in total. The van der Waals surface area contributed by atoms with Gasteiger partial charge in [0.1, 0.15) is 0 Å². The number of hydrogen-bond acceptors (Lipinski definition) is 9. The highest BCUT2D eigenvalue weighted by molar-refractivity contribution is 7.99. The zero-order chi connectivity index (χ0) is 23.2. The minimum absolute atomic E-state index is 0.0104. The van der Waals surface area contributed by atoms with Crippen molar-refractivity contribution in [1.82, 2.24) is 4.90 Å². The molecular formula is C19H30N4O7S. The SMILES string of the molecule is CSNc1ccc(C(CCCO[N+](=O)[O-])CN(C(=O)CCCO[N+](=O)[O-])C(C)C)cc1. The molecule has 1 amide bonds. The van der Waals surface area contributed by atoms with E-state index < -0.39 is 10.2 Å². The summed E-state index contributed by atoms with van der Waals surface area (Å²) in [6.07, 6.45) is 3.38. The summed E-state index contributed by atoms with van der Waals surface area (Å²) in [7, 11) is 0. The fourth-order valence-electron chi connectivity index (χ4n) is 3.12. The molecule has 31 heavy (non-hydrogen) atoms. The Labute approximate surface area is 185 Å². The third kappa shape index (κ3) is 10.7. The van der Waals surface area contributed by atoms with E-state index in [1.54, 1.807) is 4.90 Å². The van der Waals surface area contributed by atoms with Crippen LogP contribution in [0.2, 0.25) is 0 Å². The zero-order valence-corrected chi connectivity index (χ0v) is 18.8. The summed E-state index contributed by atoms with van der Waals surface area (Å²) in [5.41, 5.74) is 1.97. The van der Waals surface area contributed by atoms with Gasteiger partial charge in [-0.3, -0.25) is 4.79 Å². The number of rotatable bonds is 16. The molecule has 1 unspecified atom stereocenters. The van der Waals surface area contributed by atoms with E-state index in [4.69, 9.17) is 0 Å². The molecule has 1 aromatic carbocycles. The van der Waals surface area contributed by atoms with Crippen LogP contribution < -0.4 is 4.72 Å². The van der Waals surface area contributed by atoms with E-state index in [2.05, 4.69) is 14.4 Å². The smallest absolute Gasteiger partial charge is 0.294 e. The topological polar surface area (TPSA) is 137 Å². The molecule has 1 rings (SSSR count). The number of amides is 1. The second-order valence-electron chi connectivity index (χ2n) is 7.12. The third-order valence-corrected chi connectivity index (χ3v) is 5.03. The van der Waals surface area contributed by atoms with E-state index in [1.807, 2.05) is 44.4 Å². The normalized spacial score (nSPS) is 11.6. The largest absolute Gasteiger partial charge is 0.340 e. The van der Waals surface area contributed by atoms with E-state index in [9.17, 15) is 25.0 Å². The lowest BCUT2D eigenvalue weighted by molar-refractivity contribution is -0.757. The first-order valence-corrected chi connectivity index (χ1v) is 11.2. The van der Waals surface area contributed by atoms with Crippen molar-refractivity contribution in [3.05, 3.63) is 50.1 Å². The summed E-state index contributed by atoms with van der Waals surface area (Å²) in [5.74, 6) is -0.158. The number of benzene rings is 1. The van der Waals surface area contributed by atoms with Gasteiger partial charge in [-0.1, -0.05) is 24.1 Å². The average molecular weight is 459 g/mol. The molecule has 0 aliphatic rings. The third-order valence-electron chi connectivity index (χ3n) is 4.59. The Morgan fingerprint density at radius 3 is 2.19 bits per heavy atom. The van der Waals surface area contributed by atoms with Crippen LogP contribution in [-0.4, -0.2) is 53.0 Å². The van der Waals surface area contributed by atoms with Crippen molar-refractivity contribution in [3.8, 4) is 0 Å². The summed E-state index contributed by atoms with van der Waals surface area (Å²) >= 11 is 1.48. The van der Waals surface area contributed by atoms with Gasteiger partial charge in [0.25, 0.3) is 10.2 Å². The van der Waals surface area contributed by atoms with Gasteiger partial charge in [-0.15, -0.1) is 20.2 Å². The molecule has 0 bridgehead atoms. The van der Waals surface area contributed by atoms with Crippen LogP contribution in [0.1, 0.15) is 51.0 Å². The maximum absolute atomic E-state index is 12.7. The molecule has 1 aromatic rings. The van der Waals surface area contributed by atoms with E-state index in [-0.39, 0.29) is 43.9 Å². The summed E-state index contributed by atoms with van der Waals surface area (Å²) in [4.78, 5) is 43.8. The Bertz CT molecular complexity index is 703. The molecule has 174 valence electrons. The molecule has 1 atom stereocenters. The van der Waals surface area contributed by atoms with E-state index in [0.29, 0.717) is 19.4 Å². The van der Waals surface area contributed by atoms with Gasteiger partial charge in [0, 0.05) is 36.9 Å². The number of anilines is 1. The quantitative estimate of drug-likeness (QED) is 0.170. The highest BCUT2D eigenvalue weighted by atomic mass is 32.2. The standard InChI is InChI=1S/C19H30N4O7S/c1-15(2)21(19(24)7-5-13-30-23(27)28)14-17(6-4-12-29-22(25)26)16-8-10-18(11-9-16)20-31-3/h8-11,15,17,20H,4-7,12-14H2,1-3H3. The van der Waals surface area contributed by atoms with Gasteiger partial charge >= 0.3 is 0 Å². The highest BCUT2D eigenvalue weighted by Gasteiger charge is 2.22. The lowest BCUT2D eigenvalue weighted by Crippen LogP contribution is -2.40. The van der Waals surface area contributed by atoms with Gasteiger partial charge in [0.05, 0.1) is 13.2 Å². The van der Waals surface area contributed by atoms with Crippen LogP contribution in [0, 0.1) is 20.2 Å². The number of hydrogen-bond donors (Lipinski definition) is 1. The molecule has 1 N–H and O–H groups in total. The molecular weight excluding hydrogens is 428 g/mol. The van der Waals surface area contributed by atoms with Gasteiger partial charge in [-0.05, 0) is 50.8 Å². The molecule has 0 saturated carbocycles. The summed E-state index contributed by atoms with van der Waals surface area (Å²) in [5, 5.41) is 19.0. The van der Waals surface area contributed by atoms with Gasteiger partial charge < -0.3 is 19.3 Å². The molecule has 0 heterocycles. The van der Waals surface area contributed by atoms with Crippen LogP contribution in [0.25, 0.3) is 0 Å². The maximum Gasteiger partial charge on any atom is 0.294 e. The molecule has 0 aliphatic heterocycles. The van der Waals surface area contributed by atoms with Crippen LogP contribution in [0.5, 0.6) is 0 Å². The fraction of sp³-hybridized carbons (Fsp3) is 0.632. The van der Waals surface area contributed by atoms with Crippen molar-refractivity contribution >= 4 is 23.5 Å². The predicted molar refractivity (Wildman–Crippen MR) is 118 cm³/mol. The van der Waals surface area contributed by atoms with Crippen molar-refractivity contribution in [1.29, 1.82) is 0 Å². The summed E-state index contributed by atoms with van der Waals surface area (Å²) < 4.78 is 3.15. The van der Waals surface area contributed by atoms with Crippen LogP contribution in [0.15, 0.2) is 24.3 Å². The lowest BCUT2D eigenvalue weighted by Gasteiger charge is -2.31. The first-order chi connectivity index (χ1) is 14.7. The fourth-order valence-corrected chi connectivity index (χ4v) is 3.49. The molecule has 0 fully saturated rings. The second kappa shape index (κ2) is 14.3.